The molecular weight excluding hydrogens is 222 g/mol. The average Bonchev–Trinajstić information content (AvgIpc) is 2.74. The fraction of sp³-hybridized carbons (Fsp3) is 0.182. The van der Waals surface area contributed by atoms with Crippen molar-refractivity contribution in [2.75, 3.05) is 0 Å². The fourth-order valence-electron chi connectivity index (χ4n) is 1.71. The second-order valence-electron chi connectivity index (χ2n) is 3.59. The summed E-state index contributed by atoms with van der Waals surface area (Å²) in [6.45, 7) is -0.386. The minimum absolute atomic E-state index is 0.0874. The van der Waals surface area contributed by atoms with Gasteiger partial charge in [-0.15, -0.1) is 0 Å². The Morgan fingerprint density at radius 3 is 2.76 bits per heavy atom. The molecule has 1 aromatic carbocycles. The molecule has 0 saturated carbocycles. The van der Waals surface area contributed by atoms with Crippen molar-refractivity contribution in [1.29, 1.82) is 0 Å². The van der Waals surface area contributed by atoms with E-state index in [2.05, 4.69) is 5.10 Å². The molecule has 2 aromatic rings. The number of benzene rings is 1. The van der Waals surface area contributed by atoms with Crippen LogP contribution in [-0.2, 0) is 13.7 Å². The van der Waals surface area contributed by atoms with Crippen LogP contribution in [0, 0.1) is 10.1 Å². The molecule has 88 valence electrons. The Morgan fingerprint density at radius 1 is 1.47 bits per heavy atom. The Labute approximate surface area is 97.3 Å². The van der Waals surface area contributed by atoms with Crippen LogP contribution in [0.5, 0.6) is 0 Å². The molecule has 0 spiro atoms. The Bertz CT molecular complexity index is 563. The number of aliphatic hydroxyl groups is 1. The van der Waals surface area contributed by atoms with E-state index < -0.39 is 4.92 Å². The van der Waals surface area contributed by atoms with Crippen molar-refractivity contribution in [2.24, 2.45) is 7.05 Å². The van der Waals surface area contributed by atoms with Crippen LogP contribution in [0.1, 0.15) is 5.56 Å². The van der Waals surface area contributed by atoms with Gasteiger partial charge in [-0.3, -0.25) is 14.8 Å². The molecule has 0 aliphatic carbocycles. The Balaban J connectivity index is 2.61. The highest BCUT2D eigenvalue weighted by atomic mass is 16.6. The quantitative estimate of drug-likeness (QED) is 0.643. The number of aliphatic hydroxyl groups excluding tert-OH is 1. The Kier molecular flexibility index (Phi) is 2.88. The normalized spacial score (nSPS) is 10.5. The fourth-order valence-corrected chi connectivity index (χ4v) is 1.71. The third kappa shape index (κ3) is 2.02. The average molecular weight is 233 g/mol. The lowest BCUT2D eigenvalue weighted by atomic mass is 10.0. The zero-order valence-electron chi connectivity index (χ0n) is 9.20. The van der Waals surface area contributed by atoms with Crippen LogP contribution in [0.4, 0.5) is 5.69 Å². The van der Waals surface area contributed by atoms with Crippen molar-refractivity contribution >= 4 is 5.69 Å². The molecule has 17 heavy (non-hydrogen) atoms. The molecule has 0 bridgehead atoms. The highest BCUT2D eigenvalue weighted by Crippen LogP contribution is 2.29. The van der Waals surface area contributed by atoms with Gasteiger partial charge in [-0.05, 0) is 6.07 Å². The van der Waals surface area contributed by atoms with Gasteiger partial charge < -0.3 is 5.11 Å². The zero-order valence-corrected chi connectivity index (χ0v) is 9.20. The Hall–Kier alpha value is -2.21. The number of nitro groups is 1. The van der Waals surface area contributed by atoms with E-state index in [1.165, 1.54) is 6.07 Å². The third-order valence-corrected chi connectivity index (χ3v) is 2.50. The van der Waals surface area contributed by atoms with Crippen molar-refractivity contribution in [3.8, 4) is 11.3 Å². The van der Waals surface area contributed by atoms with Gasteiger partial charge in [0.05, 0.1) is 22.8 Å². The summed E-state index contributed by atoms with van der Waals surface area (Å²) in [7, 11) is 1.76. The van der Waals surface area contributed by atoms with Crippen LogP contribution in [0.3, 0.4) is 0 Å². The van der Waals surface area contributed by atoms with Crippen LogP contribution < -0.4 is 0 Å². The van der Waals surface area contributed by atoms with Crippen molar-refractivity contribution in [3.63, 3.8) is 0 Å². The predicted octanol–water partition coefficient (Wildman–Crippen LogP) is 1.49. The first kappa shape index (κ1) is 11.3. The molecule has 2 rings (SSSR count). The molecule has 1 aromatic heterocycles. The topological polar surface area (TPSA) is 81.2 Å². The second kappa shape index (κ2) is 4.34. The lowest BCUT2D eigenvalue weighted by molar-refractivity contribution is -0.385. The monoisotopic (exact) mass is 233 g/mol. The van der Waals surface area contributed by atoms with Crippen LogP contribution >= 0.6 is 0 Å². The number of aromatic nitrogens is 2. The standard InChI is InChI=1S/C11H11N3O3/c1-13-6-5-10(12-13)8-3-2-4-11(14(16)17)9(8)7-15/h2-6,15H,7H2,1H3. The molecule has 0 atom stereocenters. The van der Waals surface area contributed by atoms with E-state index in [4.69, 9.17) is 0 Å². The molecular formula is C11H11N3O3. The van der Waals surface area contributed by atoms with Gasteiger partial charge in [-0.1, -0.05) is 12.1 Å². The maximum absolute atomic E-state index is 10.8. The lowest BCUT2D eigenvalue weighted by Gasteiger charge is -2.05. The lowest BCUT2D eigenvalue weighted by Crippen LogP contribution is -1.98. The number of nitrogens with zero attached hydrogens (tertiary/aromatic N) is 3. The van der Waals surface area contributed by atoms with E-state index in [9.17, 15) is 15.2 Å². The van der Waals surface area contributed by atoms with E-state index >= 15 is 0 Å². The molecule has 0 aliphatic heterocycles. The zero-order chi connectivity index (χ0) is 12.4. The minimum atomic E-state index is -0.502. The molecule has 6 nitrogen and oxygen atoms in total. The summed E-state index contributed by atoms with van der Waals surface area (Å²) in [5, 5.41) is 24.3. The molecule has 1 N–H and O–H groups in total. The van der Waals surface area contributed by atoms with Crippen molar-refractivity contribution < 1.29 is 10.0 Å². The molecule has 0 radical (unpaired) electrons. The largest absolute Gasteiger partial charge is 0.391 e. The molecule has 0 aliphatic rings. The molecule has 0 saturated heterocycles. The minimum Gasteiger partial charge on any atom is -0.391 e. The van der Waals surface area contributed by atoms with E-state index in [1.807, 2.05) is 0 Å². The first-order chi connectivity index (χ1) is 8.13. The summed E-state index contributed by atoms with van der Waals surface area (Å²) >= 11 is 0. The van der Waals surface area contributed by atoms with E-state index in [1.54, 1.807) is 36.1 Å². The van der Waals surface area contributed by atoms with Crippen LogP contribution in [0.15, 0.2) is 30.5 Å². The first-order valence-electron chi connectivity index (χ1n) is 5.00. The van der Waals surface area contributed by atoms with Gasteiger partial charge in [0, 0.05) is 24.9 Å². The summed E-state index contributed by atoms with van der Waals surface area (Å²) in [5.41, 5.74) is 1.40. The van der Waals surface area contributed by atoms with Crippen molar-refractivity contribution in [3.05, 3.63) is 46.1 Å². The highest BCUT2D eigenvalue weighted by molar-refractivity contribution is 5.68. The van der Waals surface area contributed by atoms with Gasteiger partial charge in [-0.2, -0.15) is 5.10 Å². The number of hydrogen-bond donors (Lipinski definition) is 1. The van der Waals surface area contributed by atoms with E-state index in [0.717, 1.165) is 0 Å². The molecule has 1 heterocycles. The number of rotatable bonds is 3. The number of nitro benzene ring substituents is 1. The van der Waals surface area contributed by atoms with Gasteiger partial charge in [0.2, 0.25) is 0 Å². The SMILES string of the molecule is Cn1ccc(-c2cccc([N+](=O)[O-])c2CO)n1. The maximum atomic E-state index is 10.8. The van der Waals surface area contributed by atoms with Crippen LogP contribution in [0.25, 0.3) is 11.3 Å². The summed E-state index contributed by atoms with van der Waals surface area (Å²) in [6, 6.07) is 6.42. The summed E-state index contributed by atoms with van der Waals surface area (Å²) in [6.07, 6.45) is 1.75. The van der Waals surface area contributed by atoms with Crippen LogP contribution in [0.2, 0.25) is 0 Å². The third-order valence-electron chi connectivity index (χ3n) is 2.50. The second-order valence-corrected chi connectivity index (χ2v) is 3.59. The first-order valence-corrected chi connectivity index (χ1v) is 5.00. The van der Waals surface area contributed by atoms with E-state index in [0.29, 0.717) is 11.3 Å². The summed E-state index contributed by atoms with van der Waals surface area (Å²) in [4.78, 5) is 10.3. The predicted molar refractivity (Wildman–Crippen MR) is 61.2 cm³/mol. The molecule has 0 amide bonds. The highest BCUT2D eigenvalue weighted by Gasteiger charge is 2.18. The van der Waals surface area contributed by atoms with Crippen LogP contribution in [-0.4, -0.2) is 19.8 Å². The van der Waals surface area contributed by atoms with Gasteiger partial charge >= 0.3 is 0 Å². The molecule has 0 fully saturated rings. The van der Waals surface area contributed by atoms with Gasteiger partial charge in [0.25, 0.3) is 5.69 Å². The summed E-state index contributed by atoms with van der Waals surface area (Å²) in [5.74, 6) is 0. The van der Waals surface area contributed by atoms with Crippen molar-refractivity contribution in [2.45, 2.75) is 6.61 Å². The summed E-state index contributed by atoms with van der Waals surface area (Å²) < 4.78 is 1.61. The molecule has 0 unspecified atom stereocenters. The maximum Gasteiger partial charge on any atom is 0.275 e. The van der Waals surface area contributed by atoms with Crippen molar-refractivity contribution in [1.82, 2.24) is 9.78 Å². The molecule has 6 heteroatoms. The van der Waals surface area contributed by atoms with Gasteiger partial charge in [0.1, 0.15) is 0 Å². The van der Waals surface area contributed by atoms with E-state index in [-0.39, 0.29) is 17.9 Å². The van der Waals surface area contributed by atoms with Gasteiger partial charge in [-0.25, -0.2) is 0 Å². The Morgan fingerprint density at radius 2 is 2.24 bits per heavy atom. The smallest absolute Gasteiger partial charge is 0.275 e. The van der Waals surface area contributed by atoms with Gasteiger partial charge in [0.15, 0.2) is 0 Å². The number of hydrogen-bond acceptors (Lipinski definition) is 4. The number of aryl methyl sites for hydroxylation is 1.